The summed E-state index contributed by atoms with van der Waals surface area (Å²) in [6, 6.07) is 1.45. The number of aliphatic carboxylic acids is 1. The van der Waals surface area contributed by atoms with Crippen molar-refractivity contribution in [1.82, 2.24) is 9.71 Å². The van der Waals surface area contributed by atoms with Gasteiger partial charge in [0.15, 0.2) is 0 Å². The van der Waals surface area contributed by atoms with Crippen molar-refractivity contribution >= 4 is 31.9 Å². The number of hydrogen-bond acceptors (Lipinski definition) is 4. The van der Waals surface area contributed by atoms with Gasteiger partial charge in [0.25, 0.3) is 0 Å². The number of halogens is 1. The maximum Gasteiger partial charge on any atom is 0.306 e. The summed E-state index contributed by atoms with van der Waals surface area (Å²) in [5.41, 5.74) is 0. The van der Waals surface area contributed by atoms with Gasteiger partial charge in [-0.25, -0.2) is 13.1 Å². The molecule has 1 aromatic heterocycles. The SMILES string of the molecule is CC(CCCNS(=O)(=O)c1cncc(Br)c1)C(=O)O. The zero-order chi connectivity index (χ0) is 14.5. The van der Waals surface area contributed by atoms with Crippen molar-refractivity contribution in [1.29, 1.82) is 0 Å². The molecule has 6 nitrogen and oxygen atoms in total. The van der Waals surface area contributed by atoms with E-state index in [0.29, 0.717) is 17.3 Å². The van der Waals surface area contributed by atoms with Crippen LogP contribution in [0.3, 0.4) is 0 Å². The molecule has 0 spiro atoms. The Bertz CT molecular complexity index is 547. The van der Waals surface area contributed by atoms with Crippen LogP contribution in [-0.4, -0.2) is 31.0 Å². The summed E-state index contributed by atoms with van der Waals surface area (Å²) in [6.07, 6.45) is 3.64. The lowest BCUT2D eigenvalue weighted by atomic mass is 10.1. The van der Waals surface area contributed by atoms with Gasteiger partial charge in [0.1, 0.15) is 4.90 Å². The summed E-state index contributed by atoms with van der Waals surface area (Å²) in [6.45, 7) is 1.79. The van der Waals surface area contributed by atoms with Crippen LogP contribution in [0.4, 0.5) is 0 Å². The summed E-state index contributed by atoms with van der Waals surface area (Å²) in [4.78, 5) is 14.5. The van der Waals surface area contributed by atoms with Crippen LogP contribution in [-0.2, 0) is 14.8 Å². The van der Waals surface area contributed by atoms with Crippen LogP contribution in [0.15, 0.2) is 27.8 Å². The Morgan fingerprint density at radius 2 is 2.21 bits per heavy atom. The first-order valence-corrected chi connectivity index (χ1v) is 7.93. The van der Waals surface area contributed by atoms with E-state index in [-0.39, 0.29) is 11.4 Å². The van der Waals surface area contributed by atoms with E-state index in [2.05, 4.69) is 25.6 Å². The lowest BCUT2D eigenvalue weighted by Crippen LogP contribution is -2.25. The molecule has 0 bridgehead atoms. The molecule has 0 aliphatic carbocycles. The van der Waals surface area contributed by atoms with Crippen molar-refractivity contribution in [2.45, 2.75) is 24.7 Å². The normalized spacial score (nSPS) is 13.2. The van der Waals surface area contributed by atoms with Gasteiger partial charge in [0.05, 0.1) is 5.92 Å². The molecule has 1 unspecified atom stereocenters. The van der Waals surface area contributed by atoms with E-state index in [4.69, 9.17) is 5.11 Å². The maximum absolute atomic E-state index is 11.9. The minimum absolute atomic E-state index is 0.0770. The van der Waals surface area contributed by atoms with E-state index in [0.717, 1.165) is 0 Å². The molecule has 1 atom stereocenters. The van der Waals surface area contributed by atoms with Gasteiger partial charge in [-0.2, -0.15) is 0 Å². The van der Waals surface area contributed by atoms with Crippen LogP contribution >= 0.6 is 15.9 Å². The quantitative estimate of drug-likeness (QED) is 0.728. The second-order valence-electron chi connectivity index (χ2n) is 4.12. The zero-order valence-electron chi connectivity index (χ0n) is 10.3. The van der Waals surface area contributed by atoms with Gasteiger partial charge in [0.2, 0.25) is 10.0 Å². The van der Waals surface area contributed by atoms with Crippen molar-refractivity contribution in [3.63, 3.8) is 0 Å². The first-order valence-electron chi connectivity index (χ1n) is 5.66. The topological polar surface area (TPSA) is 96.4 Å². The van der Waals surface area contributed by atoms with Crippen LogP contribution < -0.4 is 4.72 Å². The zero-order valence-corrected chi connectivity index (χ0v) is 12.7. The third kappa shape index (κ3) is 5.25. The van der Waals surface area contributed by atoms with E-state index in [1.54, 1.807) is 6.92 Å². The molecule has 0 aliphatic heterocycles. The smallest absolute Gasteiger partial charge is 0.306 e. The molecule has 0 radical (unpaired) electrons. The second kappa shape index (κ2) is 6.97. The molecule has 8 heteroatoms. The molecule has 0 saturated carbocycles. The number of pyridine rings is 1. The number of rotatable bonds is 7. The third-order valence-corrected chi connectivity index (χ3v) is 4.38. The standard InChI is InChI=1S/C11H15BrN2O4S/c1-8(11(15)16)3-2-4-14-19(17,18)10-5-9(12)6-13-7-10/h5-8,14H,2-4H2,1H3,(H,15,16). The molecular formula is C11H15BrN2O4S. The van der Waals surface area contributed by atoms with Gasteiger partial charge in [-0.3, -0.25) is 9.78 Å². The molecule has 106 valence electrons. The van der Waals surface area contributed by atoms with Gasteiger partial charge in [-0.05, 0) is 34.8 Å². The number of carbonyl (C=O) groups is 1. The highest BCUT2D eigenvalue weighted by atomic mass is 79.9. The second-order valence-corrected chi connectivity index (χ2v) is 6.80. The Balaban J connectivity index is 2.50. The lowest BCUT2D eigenvalue weighted by molar-refractivity contribution is -0.141. The summed E-state index contributed by atoms with van der Waals surface area (Å²) in [7, 11) is -3.59. The molecule has 0 aliphatic rings. The average Bonchev–Trinajstić information content (AvgIpc) is 2.34. The monoisotopic (exact) mass is 350 g/mol. The third-order valence-electron chi connectivity index (χ3n) is 2.52. The highest BCUT2D eigenvalue weighted by Crippen LogP contribution is 2.14. The average molecular weight is 351 g/mol. The van der Waals surface area contributed by atoms with Gasteiger partial charge in [0, 0.05) is 23.4 Å². The summed E-state index contributed by atoms with van der Waals surface area (Å²) >= 11 is 3.15. The van der Waals surface area contributed by atoms with E-state index in [9.17, 15) is 13.2 Å². The molecule has 19 heavy (non-hydrogen) atoms. The first-order chi connectivity index (χ1) is 8.83. The van der Waals surface area contributed by atoms with Crippen LogP contribution in [0.25, 0.3) is 0 Å². The maximum atomic E-state index is 11.9. The summed E-state index contributed by atoms with van der Waals surface area (Å²) < 4.78 is 26.7. The number of carboxylic acid groups (broad SMARTS) is 1. The van der Waals surface area contributed by atoms with Gasteiger partial charge in [-0.1, -0.05) is 6.92 Å². The minimum atomic E-state index is -3.59. The Labute approximate surface area is 120 Å². The lowest BCUT2D eigenvalue weighted by Gasteiger charge is -2.08. The first kappa shape index (κ1) is 16.1. The number of nitrogens with one attached hydrogen (secondary N) is 1. The number of sulfonamides is 1. The fourth-order valence-electron chi connectivity index (χ4n) is 1.36. The van der Waals surface area contributed by atoms with Crippen LogP contribution in [0.5, 0.6) is 0 Å². The van der Waals surface area contributed by atoms with Crippen molar-refractivity contribution in [3.8, 4) is 0 Å². The van der Waals surface area contributed by atoms with Gasteiger partial charge < -0.3 is 5.11 Å². The Hall–Kier alpha value is -0.990. The predicted octanol–water partition coefficient (Wildman–Crippen LogP) is 1.62. The Morgan fingerprint density at radius 3 is 2.79 bits per heavy atom. The number of hydrogen-bond donors (Lipinski definition) is 2. The van der Waals surface area contributed by atoms with E-state index < -0.39 is 21.9 Å². The summed E-state index contributed by atoms with van der Waals surface area (Å²) in [5.74, 6) is -1.35. The molecule has 0 saturated heterocycles. The molecule has 2 N–H and O–H groups in total. The van der Waals surface area contributed by atoms with Crippen molar-refractivity contribution < 1.29 is 18.3 Å². The van der Waals surface area contributed by atoms with E-state index in [1.807, 2.05) is 0 Å². The molecule has 0 aromatic carbocycles. The molecule has 0 amide bonds. The minimum Gasteiger partial charge on any atom is -0.481 e. The molecule has 1 aromatic rings. The summed E-state index contributed by atoms with van der Waals surface area (Å²) in [5, 5.41) is 8.70. The fourth-order valence-corrected chi connectivity index (χ4v) is 2.94. The molecule has 1 rings (SSSR count). The number of aromatic nitrogens is 1. The highest BCUT2D eigenvalue weighted by Gasteiger charge is 2.15. The van der Waals surface area contributed by atoms with Crippen molar-refractivity contribution in [2.75, 3.05) is 6.54 Å². The van der Waals surface area contributed by atoms with Gasteiger partial charge in [-0.15, -0.1) is 0 Å². The number of carboxylic acids is 1. The van der Waals surface area contributed by atoms with Crippen LogP contribution in [0.2, 0.25) is 0 Å². The van der Waals surface area contributed by atoms with Crippen molar-refractivity contribution in [3.05, 3.63) is 22.9 Å². The molecule has 1 heterocycles. The largest absolute Gasteiger partial charge is 0.481 e. The van der Waals surface area contributed by atoms with E-state index >= 15 is 0 Å². The predicted molar refractivity (Wildman–Crippen MR) is 73.2 cm³/mol. The van der Waals surface area contributed by atoms with Crippen LogP contribution in [0.1, 0.15) is 19.8 Å². The number of nitrogens with zero attached hydrogens (tertiary/aromatic N) is 1. The highest BCUT2D eigenvalue weighted by molar-refractivity contribution is 9.10. The fraction of sp³-hybridized carbons (Fsp3) is 0.455. The van der Waals surface area contributed by atoms with E-state index in [1.165, 1.54) is 18.5 Å². The van der Waals surface area contributed by atoms with Gasteiger partial charge >= 0.3 is 5.97 Å². The molecule has 0 fully saturated rings. The van der Waals surface area contributed by atoms with Crippen molar-refractivity contribution in [2.24, 2.45) is 5.92 Å². The molecular weight excluding hydrogens is 336 g/mol. The van der Waals surface area contributed by atoms with Crippen LogP contribution in [0, 0.1) is 5.92 Å². The Morgan fingerprint density at radius 1 is 1.53 bits per heavy atom. The Kier molecular flexibility index (Phi) is 5.89.